The van der Waals surface area contributed by atoms with E-state index in [4.69, 9.17) is 4.98 Å². The average Bonchev–Trinajstić information content (AvgIpc) is 2.72. The third-order valence-corrected chi connectivity index (χ3v) is 6.17. The van der Waals surface area contributed by atoms with Gasteiger partial charge in [0.25, 0.3) is 0 Å². The van der Waals surface area contributed by atoms with Crippen LogP contribution in [0.25, 0.3) is 0 Å². The predicted octanol–water partition coefficient (Wildman–Crippen LogP) is 3.15. The quantitative estimate of drug-likeness (QED) is 0.817. The molecular formula is C22H29N5O. The number of hydrogen-bond donors (Lipinski definition) is 0. The lowest BCUT2D eigenvalue weighted by Crippen LogP contribution is -2.54. The molecule has 0 aromatic carbocycles. The van der Waals surface area contributed by atoms with Crippen molar-refractivity contribution in [2.75, 3.05) is 24.5 Å². The lowest BCUT2D eigenvalue weighted by atomic mass is 9.73. The van der Waals surface area contributed by atoms with Crippen LogP contribution in [0.5, 0.6) is 0 Å². The first-order chi connectivity index (χ1) is 13.6. The topological polar surface area (TPSA) is 62.2 Å². The van der Waals surface area contributed by atoms with Crippen molar-refractivity contribution in [1.29, 1.82) is 0 Å². The molecule has 0 aliphatic carbocycles. The summed E-state index contributed by atoms with van der Waals surface area (Å²) < 4.78 is 0. The number of carbonyl (C=O) groups is 1. The Labute approximate surface area is 167 Å². The van der Waals surface area contributed by atoms with E-state index >= 15 is 0 Å². The smallest absolute Gasteiger partial charge is 0.225 e. The number of aryl methyl sites for hydroxylation is 2. The number of likely N-dealkylation sites (tertiary alicyclic amines) is 1. The third kappa shape index (κ3) is 3.86. The summed E-state index contributed by atoms with van der Waals surface area (Å²) in [4.78, 5) is 30.7. The minimum absolute atomic E-state index is 0.127. The van der Waals surface area contributed by atoms with Gasteiger partial charge in [-0.1, -0.05) is 13.0 Å². The van der Waals surface area contributed by atoms with Gasteiger partial charge in [-0.05, 0) is 50.3 Å². The van der Waals surface area contributed by atoms with Crippen LogP contribution in [-0.4, -0.2) is 45.4 Å². The third-order valence-electron chi connectivity index (χ3n) is 6.17. The maximum atomic E-state index is 12.6. The fourth-order valence-corrected chi connectivity index (χ4v) is 4.62. The Morgan fingerprint density at radius 1 is 1.18 bits per heavy atom. The number of hydrogen-bond acceptors (Lipinski definition) is 5. The maximum Gasteiger partial charge on any atom is 0.225 e. The van der Waals surface area contributed by atoms with E-state index in [1.165, 1.54) is 0 Å². The molecule has 2 aromatic heterocycles. The number of anilines is 1. The molecule has 28 heavy (non-hydrogen) atoms. The van der Waals surface area contributed by atoms with Crippen molar-refractivity contribution in [2.45, 2.75) is 52.5 Å². The van der Waals surface area contributed by atoms with Gasteiger partial charge in [-0.15, -0.1) is 0 Å². The number of piperidine rings is 2. The van der Waals surface area contributed by atoms with Gasteiger partial charge in [0.2, 0.25) is 11.9 Å². The van der Waals surface area contributed by atoms with Gasteiger partial charge in [0.05, 0.1) is 12.2 Å². The molecule has 2 saturated heterocycles. The molecule has 2 aliphatic rings. The van der Waals surface area contributed by atoms with Crippen molar-refractivity contribution in [1.82, 2.24) is 19.9 Å². The summed E-state index contributed by atoms with van der Waals surface area (Å²) in [6.07, 6.45) is 8.50. The predicted molar refractivity (Wildman–Crippen MR) is 109 cm³/mol. The number of nitrogens with zero attached hydrogens (tertiary/aromatic N) is 5. The second-order valence-electron chi connectivity index (χ2n) is 8.25. The molecule has 0 saturated carbocycles. The zero-order valence-electron chi connectivity index (χ0n) is 16.9. The Morgan fingerprint density at radius 3 is 2.86 bits per heavy atom. The number of amides is 1. The average molecular weight is 380 g/mol. The Hall–Kier alpha value is -2.50. The molecule has 6 nitrogen and oxygen atoms in total. The molecule has 1 spiro atoms. The van der Waals surface area contributed by atoms with Crippen molar-refractivity contribution in [2.24, 2.45) is 5.41 Å². The van der Waals surface area contributed by atoms with Gasteiger partial charge in [-0.3, -0.25) is 9.78 Å². The van der Waals surface area contributed by atoms with Gasteiger partial charge >= 0.3 is 0 Å². The largest absolute Gasteiger partial charge is 0.340 e. The highest BCUT2D eigenvalue weighted by molar-refractivity contribution is 5.77. The first kappa shape index (κ1) is 18.8. The van der Waals surface area contributed by atoms with Crippen molar-refractivity contribution in [3.63, 3.8) is 0 Å². The summed E-state index contributed by atoms with van der Waals surface area (Å²) in [6.45, 7) is 7.52. The Bertz CT molecular complexity index is 840. The summed E-state index contributed by atoms with van der Waals surface area (Å²) >= 11 is 0. The van der Waals surface area contributed by atoms with Crippen LogP contribution in [0.3, 0.4) is 0 Å². The monoisotopic (exact) mass is 379 g/mol. The number of aromatic nitrogens is 3. The molecule has 0 bridgehead atoms. The van der Waals surface area contributed by atoms with Gasteiger partial charge in [0, 0.05) is 49.6 Å². The normalized spacial score (nSPS) is 22.7. The molecule has 2 aromatic rings. The van der Waals surface area contributed by atoms with E-state index in [0.29, 0.717) is 13.0 Å². The van der Waals surface area contributed by atoms with E-state index < -0.39 is 0 Å². The summed E-state index contributed by atoms with van der Waals surface area (Å²) in [5.41, 5.74) is 3.36. The van der Waals surface area contributed by atoms with Crippen LogP contribution in [-0.2, 0) is 17.8 Å². The molecule has 0 unspecified atom stereocenters. The van der Waals surface area contributed by atoms with E-state index in [1.807, 2.05) is 29.3 Å². The highest BCUT2D eigenvalue weighted by atomic mass is 16.2. The zero-order valence-corrected chi connectivity index (χ0v) is 16.9. The molecule has 0 radical (unpaired) electrons. The number of carbonyl (C=O) groups excluding carboxylic acids is 1. The summed E-state index contributed by atoms with van der Waals surface area (Å²) in [5.74, 6) is 1.09. The van der Waals surface area contributed by atoms with Crippen LogP contribution < -0.4 is 4.90 Å². The van der Waals surface area contributed by atoms with Crippen LogP contribution in [0.2, 0.25) is 0 Å². The number of pyridine rings is 1. The van der Waals surface area contributed by atoms with Crippen molar-refractivity contribution < 1.29 is 4.79 Å². The Morgan fingerprint density at radius 2 is 2.07 bits per heavy atom. The standard InChI is InChI=1S/C22H29N5O/c1-3-19-17(2)13-24-21(25-19)26-12-6-9-22(15-26)10-8-20(28)27(16-22)14-18-7-4-5-11-23-18/h4-5,7,11,13H,3,6,8-10,12,14-16H2,1-2H3/t22-/m0/s1. The highest BCUT2D eigenvalue weighted by Gasteiger charge is 2.42. The zero-order chi connectivity index (χ0) is 19.6. The summed E-state index contributed by atoms with van der Waals surface area (Å²) in [6, 6.07) is 5.89. The van der Waals surface area contributed by atoms with E-state index in [2.05, 4.69) is 28.7 Å². The molecule has 148 valence electrons. The van der Waals surface area contributed by atoms with Crippen molar-refractivity contribution in [3.05, 3.63) is 47.5 Å². The molecule has 1 atom stereocenters. The van der Waals surface area contributed by atoms with Crippen molar-refractivity contribution in [3.8, 4) is 0 Å². The lowest BCUT2D eigenvalue weighted by molar-refractivity contribution is -0.138. The van der Waals surface area contributed by atoms with E-state index in [9.17, 15) is 4.79 Å². The van der Waals surface area contributed by atoms with Crippen LogP contribution >= 0.6 is 0 Å². The van der Waals surface area contributed by atoms with Crippen LogP contribution in [0.15, 0.2) is 30.6 Å². The molecule has 4 rings (SSSR count). The molecule has 0 N–H and O–H groups in total. The van der Waals surface area contributed by atoms with Gasteiger partial charge in [-0.25, -0.2) is 9.97 Å². The fourth-order valence-electron chi connectivity index (χ4n) is 4.62. The molecule has 2 aliphatic heterocycles. The SMILES string of the molecule is CCc1nc(N2CCC[C@]3(CCC(=O)N(Cc4ccccn4)C3)C2)ncc1C. The fraction of sp³-hybridized carbons (Fsp3) is 0.545. The summed E-state index contributed by atoms with van der Waals surface area (Å²) in [5, 5.41) is 0. The first-order valence-electron chi connectivity index (χ1n) is 10.3. The summed E-state index contributed by atoms with van der Waals surface area (Å²) in [7, 11) is 0. The highest BCUT2D eigenvalue weighted by Crippen LogP contribution is 2.40. The van der Waals surface area contributed by atoms with E-state index in [1.54, 1.807) is 6.20 Å². The van der Waals surface area contributed by atoms with E-state index in [0.717, 1.165) is 68.2 Å². The minimum Gasteiger partial charge on any atom is -0.340 e. The van der Waals surface area contributed by atoms with E-state index in [-0.39, 0.29) is 11.3 Å². The van der Waals surface area contributed by atoms with Crippen LogP contribution in [0.1, 0.15) is 49.6 Å². The number of rotatable bonds is 4. The second-order valence-corrected chi connectivity index (χ2v) is 8.25. The maximum absolute atomic E-state index is 12.6. The Balaban J connectivity index is 1.51. The first-order valence-corrected chi connectivity index (χ1v) is 10.3. The molecular weight excluding hydrogens is 350 g/mol. The molecule has 1 amide bonds. The van der Waals surface area contributed by atoms with Gasteiger partial charge in [-0.2, -0.15) is 0 Å². The van der Waals surface area contributed by atoms with Crippen molar-refractivity contribution >= 4 is 11.9 Å². The lowest BCUT2D eigenvalue weighted by Gasteiger charge is -2.48. The van der Waals surface area contributed by atoms with Crippen LogP contribution in [0, 0.1) is 12.3 Å². The minimum atomic E-state index is 0.127. The van der Waals surface area contributed by atoms with Gasteiger partial charge in [0.15, 0.2) is 0 Å². The van der Waals surface area contributed by atoms with Gasteiger partial charge < -0.3 is 9.80 Å². The van der Waals surface area contributed by atoms with Crippen LogP contribution in [0.4, 0.5) is 5.95 Å². The molecule has 2 fully saturated rings. The molecule has 6 heteroatoms. The Kier molecular flexibility index (Phi) is 5.29. The molecule has 4 heterocycles. The van der Waals surface area contributed by atoms with Gasteiger partial charge in [0.1, 0.15) is 0 Å². The second kappa shape index (κ2) is 7.86.